The Morgan fingerprint density at radius 1 is 0.800 bits per heavy atom. The SMILES string of the molecule is COc1cccc(OC)c1-c1cnc2ccccc2n1. The summed E-state index contributed by atoms with van der Waals surface area (Å²) in [5, 5.41) is 0. The maximum atomic E-state index is 5.41. The summed E-state index contributed by atoms with van der Waals surface area (Å²) < 4.78 is 10.8. The van der Waals surface area contributed by atoms with Crippen molar-refractivity contribution < 1.29 is 9.47 Å². The minimum absolute atomic E-state index is 0.717. The van der Waals surface area contributed by atoms with Crippen molar-refractivity contribution in [1.29, 1.82) is 0 Å². The number of hydrogen-bond donors (Lipinski definition) is 0. The molecule has 4 heteroatoms. The van der Waals surface area contributed by atoms with Crippen LogP contribution in [-0.4, -0.2) is 24.2 Å². The van der Waals surface area contributed by atoms with Gasteiger partial charge in [-0.3, -0.25) is 4.98 Å². The molecule has 0 aliphatic rings. The molecular weight excluding hydrogens is 252 g/mol. The van der Waals surface area contributed by atoms with Gasteiger partial charge in [-0.25, -0.2) is 4.98 Å². The van der Waals surface area contributed by atoms with Gasteiger partial charge in [-0.15, -0.1) is 0 Å². The molecule has 0 atom stereocenters. The molecule has 0 aliphatic carbocycles. The van der Waals surface area contributed by atoms with Crippen molar-refractivity contribution in [2.24, 2.45) is 0 Å². The predicted octanol–water partition coefficient (Wildman–Crippen LogP) is 3.31. The largest absolute Gasteiger partial charge is 0.496 e. The molecule has 0 amide bonds. The number of para-hydroxylation sites is 2. The van der Waals surface area contributed by atoms with E-state index in [0.717, 1.165) is 22.3 Å². The van der Waals surface area contributed by atoms with E-state index < -0.39 is 0 Å². The smallest absolute Gasteiger partial charge is 0.132 e. The first kappa shape index (κ1) is 12.4. The summed E-state index contributed by atoms with van der Waals surface area (Å²) in [5.41, 5.74) is 3.26. The third-order valence-electron chi connectivity index (χ3n) is 3.13. The number of hydrogen-bond acceptors (Lipinski definition) is 4. The zero-order chi connectivity index (χ0) is 13.9. The minimum Gasteiger partial charge on any atom is -0.496 e. The van der Waals surface area contributed by atoms with Crippen LogP contribution >= 0.6 is 0 Å². The van der Waals surface area contributed by atoms with E-state index in [0.29, 0.717) is 11.5 Å². The number of fused-ring (bicyclic) bond motifs is 1. The Labute approximate surface area is 117 Å². The molecule has 0 fully saturated rings. The van der Waals surface area contributed by atoms with Crippen molar-refractivity contribution in [3.8, 4) is 22.8 Å². The Bertz CT molecular complexity index is 734. The standard InChI is InChI=1S/C16H14N2O2/c1-19-14-8-5-9-15(20-2)16(14)13-10-17-11-6-3-4-7-12(11)18-13/h3-10H,1-2H3. The van der Waals surface area contributed by atoms with Crippen LogP contribution < -0.4 is 9.47 Å². The summed E-state index contributed by atoms with van der Waals surface area (Å²) in [7, 11) is 3.26. The summed E-state index contributed by atoms with van der Waals surface area (Å²) in [4.78, 5) is 9.07. The van der Waals surface area contributed by atoms with E-state index in [1.165, 1.54) is 0 Å². The Balaban J connectivity index is 2.24. The Kier molecular flexibility index (Phi) is 3.21. The lowest BCUT2D eigenvalue weighted by Crippen LogP contribution is -1.95. The molecular formula is C16H14N2O2. The Morgan fingerprint density at radius 2 is 1.45 bits per heavy atom. The van der Waals surface area contributed by atoms with Crippen molar-refractivity contribution in [1.82, 2.24) is 9.97 Å². The molecule has 2 aromatic carbocycles. The molecule has 0 aliphatic heterocycles. The Hall–Kier alpha value is -2.62. The molecule has 0 bridgehead atoms. The van der Waals surface area contributed by atoms with E-state index >= 15 is 0 Å². The first-order chi connectivity index (χ1) is 9.83. The number of benzene rings is 2. The molecule has 0 radical (unpaired) electrons. The van der Waals surface area contributed by atoms with Crippen LogP contribution in [0.15, 0.2) is 48.7 Å². The van der Waals surface area contributed by atoms with Crippen LogP contribution in [-0.2, 0) is 0 Å². The van der Waals surface area contributed by atoms with Gasteiger partial charge >= 0.3 is 0 Å². The van der Waals surface area contributed by atoms with Gasteiger partial charge in [0.05, 0.1) is 42.7 Å². The van der Waals surface area contributed by atoms with Gasteiger partial charge in [0.15, 0.2) is 0 Å². The van der Waals surface area contributed by atoms with E-state index in [1.54, 1.807) is 20.4 Å². The fraction of sp³-hybridized carbons (Fsp3) is 0.125. The highest BCUT2D eigenvalue weighted by molar-refractivity contribution is 5.80. The highest BCUT2D eigenvalue weighted by Crippen LogP contribution is 2.37. The quantitative estimate of drug-likeness (QED) is 0.729. The topological polar surface area (TPSA) is 44.2 Å². The molecule has 3 aromatic rings. The minimum atomic E-state index is 0.717. The molecule has 0 N–H and O–H groups in total. The van der Waals surface area contributed by atoms with Crippen LogP contribution in [0.4, 0.5) is 0 Å². The van der Waals surface area contributed by atoms with Crippen LogP contribution in [0.3, 0.4) is 0 Å². The van der Waals surface area contributed by atoms with Gasteiger partial charge in [0.1, 0.15) is 11.5 Å². The van der Waals surface area contributed by atoms with E-state index in [-0.39, 0.29) is 0 Å². The average molecular weight is 266 g/mol. The second kappa shape index (κ2) is 5.17. The zero-order valence-corrected chi connectivity index (χ0v) is 11.3. The van der Waals surface area contributed by atoms with Crippen molar-refractivity contribution >= 4 is 11.0 Å². The number of rotatable bonds is 3. The van der Waals surface area contributed by atoms with Crippen molar-refractivity contribution in [2.75, 3.05) is 14.2 Å². The third kappa shape index (κ3) is 2.05. The van der Waals surface area contributed by atoms with Gasteiger partial charge in [-0.1, -0.05) is 18.2 Å². The molecule has 1 aromatic heterocycles. The molecule has 3 rings (SSSR count). The lowest BCUT2D eigenvalue weighted by atomic mass is 10.1. The summed E-state index contributed by atoms with van der Waals surface area (Å²) in [6, 6.07) is 13.4. The van der Waals surface area contributed by atoms with Crippen molar-refractivity contribution in [3.63, 3.8) is 0 Å². The molecule has 0 saturated heterocycles. The van der Waals surface area contributed by atoms with Gasteiger partial charge in [-0.05, 0) is 24.3 Å². The van der Waals surface area contributed by atoms with Gasteiger partial charge in [-0.2, -0.15) is 0 Å². The summed E-state index contributed by atoms with van der Waals surface area (Å²) in [5.74, 6) is 1.43. The molecule has 0 unspecified atom stereocenters. The van der Waals surface area contributed by atoms with E-state index in [9.17, 15) is 0 Å². The average Bonchev–Trinajstić information content (AvgIpc) is 2.53. The van der Waals surface area contributed by atoms with E-state index in [1.807, 2.05) is 42.5 Å². The van der Waals surface area contributed by atoms with Crippen LogP contribution in [0.25, 0.3) is 22.3 Å². The lowest BCUT2D eigenvalue weighted by molar-refractivity contribution is 0.397. The third-order valence-corrected chi connectivity index (χ3v) is 3.13. The van der Waals surface area contributed by atoms with Gasteiger partial charge in [0.25, 0.3) is 0 Å². The van der Waals surface area contributed by atoms with Crippen LogP contribution in [0.1, 0.15) is 0 Å². The number of nitrogens with zero attached hydrogens (tertiary/aromatic N) is 2. The summed E-state index contributed by atoms with van der Waals surface area (Å²) in [6.45, 7) is 0. The number of methoxy groups -OCH3 is 2. The molecule has 4 nitrogen and oxygen atoms in total. The first-order valence-corrected chi connectivity index (χ1v) is 6.26. The molecule has 0 saturated carbocycles. The van der Waals surface area contributed by atoms with Gasteiger partial charge in [0.2, 0.25) is 0 Å². The second-order valence-electron chi connectivity index (χ2n) is 4.28. The maximum absolute atomic E-state index is 5.41. The molecule has 20 heavy (non-hydrogen) atoms. The van der Waals surface area contributed by atoms with E-state index in [2.05, 4.69) is 9.97 Å². The zero-order valence-electron chi connectivity index (χ0n) is 11.3. The highest BCUT2D eigenvalue weighted by Gasteiger charge is 2.14. The summed E-state index contributed by atoms with van der Waals surface area (Å²) >= 11 is 0. The van der Waals surface area contributed by atoms with Crippen LogP contribution in [0.5, 0.6) is 11.5 Å². The maximum Gasteiger partial charge on any atom is 0.132 e. The fourth-order valence-electron chi connectivity index (χ4n) is 2.18. The van der Waals surface area contributed by atoms with Crippen LogP contribution in [0, 0.1) is 0 Å². The normalized spacial score (nSPS) is 10.5. The highest BCUT2D eigenvalue weighted by atomic mass is 16.5. The van der Waals surface area contributed by atoms with Crippen molar-refractivity contribution in [3.05, 3.63) is 48.7 Å². The Morgan fingerprint density at radius 3 is 2.10 bits per heavy atom. The predicted molar refractivity (Wildman–Crippen MR) is 78.1 cm³/mol. The van der Waals surface area contributed by atoms with Crippen LogP contribution in [0.2, 0.25) is 0 Å². The first-order valence-electron chi connectivity index (χ1n) is 6.26. The van der Waals surface area contributed by atoms with Gasteiger partial charge in [0, 0.05) is 0 Å². The number of aromatic nitrogens is 2. The van der Waals surface area contributed by atoms with E-state index in [4.69, 9.17) is 9.47 Å². The molecule has 100 valence electrons. The number of ether oxygens (including phenoxy) is 2. The monoisotopic (exact) mass is 266 g/mol. The molecule has 0 spiro atoms. The van der Waals surface area contributed by atoms with Crippen molar-refractivity contribution in [2.45, 2.75) is 0 Å². The lowest BCUT2D eigenvalue weighted by Gasteiger charge is -2.12. The summed E-state index contributed by atoms with van der Waals surface area (Å²) in [6.07, 6.45) is 1.74. The fourth-order valence-corrected chi connectivity index (χ4v) is 2.18. The second-order valence-corrected chi connectivity index (χ2v) is 4.28. The van der Waals surface area contributed by atoms with Gasteiger partial charge < -0.3 is 9.47 Å². The molecule has 1 heterocycles.